The first-order valence-corrected chi connectivity index (χ1v) is 14.2. The lowest BCUT2D eigenvalue weighted by Crippen LogP contribution is -2.57. The number of ether oxygens (including phenoxy) is 1. The van der Waals surface area contributed by atoms with Crippen molar-refractivity contribution in [3.8, 4) is 0 Å². The van der Waals surface area contributed by atoms with Crippen molar-refractivity contribution in [1.29, 1.82) is 0 Å². The fourth-order valence-corrected chi connectivity index (χ4v) is 8.62. The average molecular weight is 509 g/mol. The molecule has 0 aromatic carbocycles. The van der Waals surface area contributed by atoms with Crippen molar-refractivity contribution in [1.82, 2.24) is 4.90 Å². The highest BCUT2D eigenvalue weighted by atomic mass is 31.2. The summed E-state index contributed by atoms with van der Waals surface area (Å²) < 4.78 is 52.5. The zero-order valence-corrected chi connectivity index (χ0v) is 18.6. The molecule has 174 valence electrons. The van der Waals surface area contributed by atoms with Gasteiger partial charge in [-0.3, -0.25) is 18.3 Å². The first-order chi connectivity index (χ1) is 12.7. The third kappa shape index (κ3) is 6.49. The molecule has 0 saturated heterocycles. The van der Waals surface area contributed by atoms with E-state index in [1.807, 2.05) is 0 Å². The van der Waals surface area contributed by atoms with Gasteiger partial charge in [0.2, 0.25) is 5.52 Å². The van der Waals surface area contributed by atoms with E-state index < -0.39 is 77.5 Å². The highest BCUT2D eigenvalue weighted by Gasteiger charge is 2.72. The zero-order valence-electron chi connectivity index (χ0n) is 15.0. The van der Waals surface area contributed by atoms with Gasteiger partial charge in [-0.15, -0.1) is 0 Å². The molecule has 0 aromatic rings. The number of hydrogen-bond donors (Lipinski definition) is 9. The predicted octanol–water partition coefficient (Wildman–Crippen LogP) is -0.816. The second kappa shape index (κ2) is 9.64. The number of aliphatic carboxylic acids is 1. The molecule has 0 aliphatic heterocycles. The summed E-state index contributed by atoms with van der Waals surface area (Å²) in [7, 11) is -24.9. The molecule has 0 fully saturated rings. The SMILES string of the molecule is CCCN(C(P(=O)(O)O)P(=O)(O)O)C(OC(CC)C(=O)O)(P(=O)(O)O)P(=O)(O)O. The Morgan fingerprint density at radius 2 is 1.28 bits per heavy atom. The minimum atomic E-state index is -6.42. The van der Waals surface area contributed by atoms with E-state index in [1.54, 1.807) is 0 Å². The summed E-state index contributed by atoms with van der Waals surface area (Å²) >= 11 is 0. The standard InChI is InChI=1S/C9H23NO15P4/c1-3-5-10(8(26(13,14)15)27(16,17)18)9(28(19,20)21,29(22,23)24)25-6(4-2)7(11)12/h6,8H,3-5H2,1-2H3,(H,11,12)(H2,13,14,15)(H2,16,17,18)(H2,19,20,21)(H2,22,23,24). The molecular formula is C9H23NO15P4. The maximum atomic E-state index is 12.2. The molecule has 0 spiro atoms. The van der Waals surface area contributed by atoms with Gasteiger partial charge in [-0.2, -0.15) is 0 Å². The van der Waals surface area contributed by atoms with Crippen LogP contribution in [0.4, 0.5) is 0 Å². The monoisotopic (exact) mass is 509 g/mol. The molecule has 29 heavy (non-hydrogen) atoms. The summed E-state index contributed by atoms with van der Waals surface area (Å²) in [5.41, 5.74) is -3.46. The Hall–Kier alpha value is -0.0100. The lowest BCUT2D eigenvalue weighted by atomic mass is 10.3. The van der Waals surface area contributed by atoms with E-state index in [9.17, 15) is 62.2 Å². The molecule has 0 aliphatic carbocycles. The van der Waals surface area contributed by atoms with Crippen molar-refractivity contribution in [3.05, 3.63) is 0 Å². The molecule has 20 heteroatoms. The third-order valence-electron chi connectivity index (χ3n) is 3.42. The van der Waals surface area contributed by atoms with Gasteiger partial charge < -0.3 is 49.0 Å². The van der Waals surface area contributed by atoms with Crippen LogP contribution < -0.4 is 0 Å². The Labute approximate surface area is 164 Å². The number of rotatable bonds is 12. The molecule has 0 aromatic heterocycles. The highest BCUT2D eigenvalue weighted by molar-refractivity contribution is 7.73. The van der Waals surface area contributed by atoms with Gasteiger partial charge in [-0.05, 0) is 12.8 Å². The summed E-state index contributed by atoms with van der Waals surface area (Å²) in [6.45, 7) is 1.14. The van der Waals surface area contributed by atoms with Gasteiger partial charge in [0.05, 0.1) is 0 Å². The van der Waals surface area contributed by atoms with E-state index in [-0.39, 0.29) is 0 Å². The topological polar surface area (TPSA) is 280 Å². The first-order valence-electron chi connectivity index (χ1n) is 7.57. The van der Waals surface area contributed by atoms with Crippen molar-refractivity contribution in [2.75, 3.05) is 6.54 Å². The molecule has 0 saturated carbocycles. The maximum absolute atomic E-state index is 12.2. The summed E-state index contributed by atoms with van der Waals surface area (Å²) in [4.78, 5) is 87.2. The van der Waals surface area contributed by atoms with Gasteiger partial charge in [0, 0.05) is 6.54 Å². The summed E-state index contributed by atoms with van der Waals surface area (Å²) in [6.07, 6.45) is -3.36. The normalized spacial score (nSPS) is 15.7. The van der Waals surface area contributed by atoms with E-state index >= 15 is 0 Å². The molecule has 0 radical (unpaired) electrons. The highest BCUT2D eigenvalue weighted by Crippen LogP contribution is 2.75. The van der Waals surface area contributed by atoms with Gasteiger partial charge >= 0.3 is 41.6 Å². The van der Waals surface area contributed by atoms with Crippen LogP contribution in [-0.2, 0) is 27.8 Å². The summed E-state index contributed by atoms with van der Waals surface area (Å²) in [5, 5.41) is 4.67. The lowest BCUT2D eigenvalue weighted by molar-refractivity contribution is -0.165. The molecule has 16 nitrogen and oxygen atoms in total. The van der Waals surface area contributed by atoms with Crippen LogP contribution in [0, 0.1) is 0 Å². The Morgan fingerprint density at radius 3 is 1.48 bits per heavy atom. The van der Waals surface area contributed by atoms with Crippen LogP contribution in [0.1, 0.15) is 26.7 Å². The van der Waals surface area contributed by atoms with Gasteiger partial charge in [-0.25, -0.2) is 9.69 Å². The molecule has 0 heterocycles. The Balaban J connectivity index is 7.39. The van der Waals surface area contributed by atoms with Gasteiger partial charge in [0.15, 0.2) is 6.10 Å². The molecule has 0 rings (SSSR count). The van der Waals surface area contributed by atoms with Crippen LogP contribution in [0.2, 0.25) is 0 Å². The second-order valence-electron chi connectivity index (χ2n) is 5.73. The molecule has 0 bridgehead atoms. The summed E-state index contributed by atoms with van der Waals surface area (Å²) in [6, 6.07) is 0. The van der Waals surface area contributed by atoms with E-state index in [0.29, 0.717) is 0 Å². The van der Waals surface area contributed by atoms with Crippen molar-refractivity contribution in [2.45, 2.75) is 43.5 Å². The lowest BCUT2D eigenvalue weighted by Gasteiger charge is -2.46. The average Bonchev–Trinajstić information content (AvgIpc) is 2.41. The van der Waals surface area contributed by atoms with Crippen molar-refractivity contribution < 1.29 is 72.0 Å². The molecular weight excluding hydrogens is 486 g/mol. The quantitative estimate of drug-likeness (QED) is 0.115. The Bertz CT molecular complexity index is 731. The smallest absolute Gasteiger partial charge is 0.385 e. The van der Waals surface area contributed by atoms with Crippen LogP contribution in [-0.4, -0.2) is 78.5 Å². The Morgan fingerprint density at radius 1 is 0.897 bits per heavy atom. The molecule has 0 amide bonds. The van der Waals surface area contributed by atoms with E-state index in [0.717, 1.165) is 6.92 Å². The first kappa shape index (κ1) is 29.0. The number of carboxylic acid groups (broad SMARTS) is 1. The number of carboxylic acids is 1. The maximum Gasteiger partial charge on any atom is 0.385 e. The summed E-state index contributed by atoms with van der Waals surface area (Å²) in [5.74, 6) is -1.96. The van der Waals surface area contributed by atoms with Crippen LogP contribution in [0.3, 0.4) is 0 Å². The number of nitrogens with zero attached hydrogens (tertiary/aromatic N) is 1. The van der Waals surface area contributed by atoms with Gasteiger partial charge in [0.1, 0.15) is 0 Å². The predicted molar refractivity (Wildman–Crippen MR) is 94.5 cm³/mol. The largest absolute Gasteiger partial charge is 0.479 e. The molecule has 9 N–H and O–H groups in total. The van der Waals surface area contributed by atoms with E-state index in [2.05, 4.69) is 4.74 Å². The van der Waals surface area contributed by atoms with Crippen molar-refractivity contribution in [3.63, 3.8) is 0 Å². The molecule has 1 atom stereocenters. The van der Waals surface area contributed by atoms with Crippen LogP contribution in [0.15, 0.2) is 0 Å². The number of carbonyl (C=O) groups is 1. The Kier molecular flexibility index (Phi) is 9.64. The van der Waals surface area contributed by atoms with Gasteiger partial charge in [0.25, 0.3) is 0 Å². The van der Waals surface area contributed by atoms with Crippen LogP contribution in [0.25, 0.3) is 0 Å². The third-order valence-corrected chi connectivity index (χ3v) is 10.8. The molecule has 1 unspecified atom stereocenters. The van der Waals surface area contributed by atoms with Crippen LogP contribution in [0.5, 0.6) is 0 Å². The number of hydrogen-bond acceptors (Lipinski definition) is 7. The van der Waals surface area contributed by atoms with Gasteiger partial charge in [-0.1, -0.05) is 13.8 Å². The van der Waals surface area contributed by atoms with Crippen LogP contribution >= 0.6 is 30.4 Å². The molecule has 0 aliphatic rings. The fraction of sp³-hybridized carbons (Fsp3) is 0.889. The van der Waals surface area contributed by atoms with E-state index in [4.69, 9.17) is 5.11 Å². The minimum Gasteiger partial charge on any atom is -0.479 e. The minimum absolute atomic E-state index is 0.397. The second-order valence-corrected chi connectivity index (χ2v) is 13.2. The van der Waals surface area contributed by atoms with Crippen molar-refractivity contribution in [2.24, 2.45) is 0 Å². The zero-order chi connectivity index (χ0) is 23.6. The van der Waals surface area contributed by atoms with Crippen molar-refractivity contribution >= 4 is 36.4 Å². The van der Waals surface area contributed by atoms with E-state index in [1.165, 1.54) is 6.92 Å². The fourth-order valence-electron chi connectivity index (χ4n) is 2.42.